The normalized spacial score (nSPS) is 23.7. The smallest absolute Gasteiger partial charge is 0.0271 e. The SMILES string of the molecule is CCNC1CCC(N(CC)Cc2ccncc2)CC1. The van der Waals surface area contributed by atoms with Crippen molar-refractivity contribution in [3.63, 3.8) is 0 Å². The Balaban J connectivity index is 1.85. The maximum absolute atomic E-state index is 4.09. The van der Waals surface area contributed by atoms with Crippen molar-refractivity contribution in [1.29, 1.82) is 0 Å². The van der Waals surface area contributed by atoms with Crippen LogP contribution in [0.4, 0.5) is 0 Å². The maximum atomic E-state index is 4.09. The summed E-state index contributed by atoms with van der Waals surface area (Å²) >= 11 is 0. The van der Waals surface area contributed by atoms with Crippen LogP contribution < -0.4 is 5.32 Å². The van der Waals surface area contributed by atoms with Crippen LogP contribution in [-0.2, 0) is 6.54 Å². The molecule has 1 aliphatic rings. The van der Waals surface area contributed by atoms with Crippen molar-refractivity contribution >= 4 is 0 Å². The number of rotatable bonds is 6. The van der Waals surface area contributed by atoms with Gasteiger partial charge < -0.3 is 5.32 Å². The van der Waals surface area contributed by atoms with Gasteiger partial charge in [-0.15, -0.1) is 0 Å². The van der Waals surface area contributed by atoms with Gasteiger partial charge in [-0.3, -0.25) is 9.88 Å². The Morgan fingerprint density at radius 2 is 1.84 bits per heavy atom. The monoisotopic (exact) mass is 261 g/mol. The number of hydrogen-bond donors (Lipinski definition) is 1. The lowest BCUT2D eigenvalue weighted by Gasteiger charge is -2.36. The fraction of sp³-hybridized carbons (Fsp3) is 0.688. The van der Waals surface area contributed by atoms with E-state index < -0.39 is 0 Å². The molecule has 0 saturated heterocycles. The van der Waals surface area contributed by atoms with Crippen LogP contribution in [0.15, 0.2) is 24.5 Å². The molecular weight excluding hydrogens is 234 g/mol. The second-order valence-electron chi connectivity index (χ2n) is 5.48. The first-order chi connectivity index (χ1) is 9.33. The summed E-state index contributed by atoms with van der Waals surface area (Å²) in [7, 11) is 0. The summed E-state index contributed by atoms with van der Waals surface area (Å²) in [5.74, 6) is 0. The minimum atomic E-state index is 0.751. The highest BCUT2D eigenvalue weighted by Gasteiger charge is 2.24. The first-order valence-corrected chi connectivity index (χ1v) is 7.69. The Morgan fingerprint density at radius 1 is 1.16 bits per heavy atom. The van der Waals surface area contributed by atoms with Crippen molar-refractivity contribution in [2.75, 3.05) is 13.1 Å². The molecule has 1 aromatic heterocycles. The summed E-state index contributed by atoms with van der Waals surface area (Å²) < 4.78 is 0. The first-order valence-electron chi connectivity index (χ1n) is 7.69. The third-order valence-electron chi connectivity index (χ3n) is 4.25. The molecule has 0 amide bonds. The predicted octanol–water partition coefficient (Wildman–Crippen LogP) is 2.82. The van der Waals surface area contributed by atoms with Crippen molar-refractivity contribution in [3.05, 3.63) is 30.1 Å². The molecule has 106 valence electrons. The van der Waals surface area contributed by atoms with E-state index in [2.05, 4.69) is 41.2 Å². The predicted molar refractivity (Wildman–Crippen MR) is 80.0 cm³/mol. The third-order valence-corrected chi connectivity index (χ3v) is 4.25. The van der Waals surface area contributed by atoms with Gasteiger partial charge in [-0.2, -0.15) is 0 Å². The zero-order chi connectivity index (χ0) is 13.5. The van der Waals surface area contributed by atoms with Crippen LogP contribution in [0, 0.1) is 0 Å². The lowest BCUT2D eigenvalue weighted by atomic mass is 9.90. The van der Waals surface area contributed by atoms with Crippen LogP contribution >= 0.6 is 0 Å². The molecule has 1 aromatic rings. The van der Waals surface area contributed by atoms with E-state index in [-0.39, 0.29) is 0 Å². The molecule has 0 atom stereocenters. The molecule has 3 heteroatoms. The van der Waals surface area contributed by atoms with Gasteiger partial charge in [0.15, 0.2) is 0 Å². The molecule has 0 spiro atoms. The molecule has 3 nitrogen and oxygen atoms in total. The molecule has 0 aliphatic heterocycles. The van der Waals surface area contributed by atoms with Crippen LogP contribution in [0.25, 0.3) is 0 Å². The number of nitrogens with one attached hydrogen (secondary N) is 1. The summed E-state index contributed by atoms with van der Waals surface area (Å²) in [5, 5.41) is 3.58. The lowest BCUT2D eigenvalue weighted by Crippen LogP contribution is -2.42. The zero-order valence-electron chi connectivity index (χ0n) is 12.3. The standard InChI is InChI=1S/C16H27N3/c1-3-18-15-5-7-16(8-6-15)19(4-2)13-14-9-11-17-12-10-14/h9-12,15-16,18H,3-8,13H2,1-2H3. The van der Waals surface area contributed by atoms with Crippen LogP contribution in [0.3, 0.4) is 0 Å². The van der Waals surface area contributed by atoms with E-state index >= 15 is 0 Å². The van der Waals surface area contributed by atoms with E-state index in [0.29, 0.717) is 0 Å². The molecule has 0 unspecified atom stereocenters. The summed E-state index contributed by atoms with van der Waals surface area (Å²) in [4.78, 5) is 6.72. The summed E-state index contributed by atoms with van der Waals surface area (Å²) in [6.07, 6.45) is 9.10. The molecule has 0 aromatic carbocycles. The van der Waals surface area contributed by atoms with Crippen LogP contribution in [0.2, 0.25) is 0 Å². The van der Waals surface area contributed by atoms with Gasteiger partial charge in [-0.1, -0.05) is 13.8 Å². The summed E-state index contributed by atoms with van der Waals surface area (Å²) in [6, 6.07) is 5.77. The van der Waals surface area contributed by atoms with Gasteiger partial charge in [-0.25, -0.2) is 0 Å². The minimum absolute atomic E-state index is 0.751. The third kappa shape index (κ3) is 4.29. The highest BCUT2D eigenvalue weighted by Crippen LogP contribution is 2.24. The van der Waals surface area contributed by atoms with Crippen molar-refractivity contribution < 1.29 is 0 Å². The highest BCUT2D eigenvalue weighted by atomic mass is 15.1. The summed E-state index contributed by atoms with van der Waals surface area (Å²) in [6.45, 7) is 7.78. The van der Waals surface area contributed by atoms with Gasteiger partial charge in [0.05, 0.1) is 0 Å². The van der Waals surface area contributed by atoms with Gasteiger partial charge in [-0.05, 0) is 56.5 Å². The molecule has 0 bridgehead atoms. The second kappa shape index (κ2) is 7.61. The quantitative estimate of drug-likeness (QED) is 0.853. The van der Waals surface area contributed by atoms with Crippen molar-refractivity contribution in [3.8, 4) is 0 Å². The molecule has 1 N–H and O–H groups in total. The fourth-order valence-electron chi connectivity index (χ4n) is 3.16. The van der Waals surface area contributed by atoms with E-state index in [1.54, 1.807) is 0 Å². The van der Waals surface area contributed by atoms with E-state index in [0.717, 1.165) is 31.7 Å². The van der Waals surface area contributed by atoms with E-state index in [1.165, 1.54) is 31.2 Å². The van der Waals surface area contributed by atoms with Gasteiger partial charge in [0.25, 0.3) is 0 Å². The van der Waals surface area contributed by atoms with Crippen molar-refractivity contribution in [2.24, 2.45) is 0 Å². The first kappa shape index (κ1) is 14.5. The maximum Gasteiger partial charge on any atom is 0.0271 e. The van der Waals surface area contributed by atoms with E-state index in [4.69, 9.17) is 0 Å². The Labute approximate surface area is 117 Å². The molecule has 0 radical (unpaired) electrons. The number of hydrogen-bond acceptors (Lipinski definition) is 3. The largest absolute Gasteiger partial charge is 0.314 e. The average Bonchev–Trinajstić information content (AvgIpc) is 2.47. The Hall–Kier alpha value is -0.930. The second-order valence-corrected chi connectivity index (χ2v) is 5.48. The van der Waals surface area contributed by atoms with Gasteiger partial charge in [0.2, 0.25) is 0 Å². The van der Waals surface area contributed by atoms with Crippen LogP contribution in [-0.4, -0.2) is 35.1 Å². The van der Waals surface area contributed by atoms with Gasteiger partial charge in [0.1, 0.15) is 0 Å². The van der Waals surface area contributed by atoms with Gasteiger partial charge in [0, 0.05) is 31.0 Å². The number of nitrogens with zero attached hydrogens (tertiary/aromatic N) is 2. The molecular formula is C16H27N3. The van der Waals surface area contributed by atoms with Crippen LogP contribution in [0.1, 0.15) is 45.1 Å². The molecule has 1 fully saturated rings. The van der Waals surface area contributed by atoms with Crippen molar-refractivity contribution in [2.45, 2.75) is 58.2 Å². The number of pyridine rings is 1. The zero-order valence-corrected chi connectivity index (χ0v) is 12.3. The Bertz CT molecular complexity index is 344. The minimum Gasteiger partial charge on any atom is -0.314 e. The highest BCUT2D eigenvalue weighted by molar-refractivity contribution is 5.09. The van der Waals surface area contributed by atoms with Crippen molar-refractivity contribution in [1.82, 2.24) is 15.2 Å². The Kier molecular flexibility index (Phi) is 5.80. The molecule has 1 heterocycles. The van der Waals surface area contributed by atoms with E-state index in [9.17, 15) is 0 Å². The molecule has 1 saturated carbocycles. The fourth-order valence-corrected chi connectivity index (χ4v) is 3.16. The van der Waals surface area contributed by atoms with E-state index in [1.807, 2.05) is 12.4 Å². The topological polar surface area (TPSA) is 28.2 Å². The Morgan fingerprint density at radius 3 is 2.42 bits per heavy atom. The summed E-state index contributed by atoms with van der Waals surface area (Å²) in [5.41, 5.74) is 1.38. The molecule has 19 heavy (non-hydrogen) atoms. The molecule has 1 aliphatic carbocycles. The average molecular weight is 261 g/mol. The van der Waals surface area contributed by atoms with Crippen LogP contribution in [0.5, 0.6) is 0 Å². The van der Waals surface area contributed by atoms with Gasteiger partial charge >= 0.3 is 0 Å². The molecule has 2 rings (SSSR count). The number of aromatic nitrogens is 1. The lowest BCUT2D eigenvalue weighted by molar-refractivity contribution is 0.143.